The molecule has 0 saturated carbocycles. The van der Waals surface area contributed by atoms with Gasteiger partial charge < -0.3 is 15.0 Å². The number of hydrogen-bond acceptors (Lipinski definition) is 8. The van der Waals surface area contributed by atoms with Gasteiger partial charge in [-0.25, -0.2) is 29.0 Å². The lowest BCUT2D eigenvalue weighted by Gasteiger charge is -2.15. The number of hydrogen-bond donors (Lipinski definition) is 1. The lowest BCUT2D eigenvalue weighted by Crippen LogP contribution is -2.10. The van der Waals surface area contributed by atoms with Gasteiger partial charge >= 0.3 is 0 Å². The van der Waals surface area contributed by atoms with E-state index in [4.69, 9.17) is 10.5 Å². The Kier molecular flexibility index (Phi) is 5.13. The van der Waals surface area contributed by atoms with Gasteiger partial charge in [0.2, 0.25) is 5.88 Å². The first-order valence-electron chi connectivity index (χ1n) is 10.2. The van der Waals surface area contributed by atoms with Crippen LogP contribution in [0.4, 0.5) is 10.2 Å². The van der Waals surface area contributed by atoms with Crippen molar-refractivity contribution in [2.75, 3.05) is 12.8 Å². The Bertz CT molecular complexity index is 1430. The van der Waals surface area contributed by atoms with Crippen molar-refractivity contribution in [3.63, 3.8) is 0 Å². The predicted molar refractivity (Wildman–Crippen MR) is 119 cm³/mol. The highest BCUT2D eigenvalue weighted by Crippen LogP contribution is 2.38. The van der Waals surface area contributed by atoms with Crippen LogP contribution in [0.3, 0.4) is 0 Å². The molecule has 0 bridgehead atoms. The van der Waals surface area contributed by atoms with Gasteiger partial charge in [-0.2, -0.15) is 0 Å². The maximum absolute atomic E-state index is 13.3. The van der Waals surface area contributed by atoms with Crippen molar-refractivity contribution in [1.29, 1.82) is 0 Å². The van der Waals surface area contributed by atoms with Crippen molar-refractivity contribution in [3.8, 4) is 22.7 Å². The Morgan fingerprint density at radius 1 is 1.06 bits per heavy atom. The number of anilines is 1. The summed E-state index contributed by atoms with van der Waals surface area (Å²) in [5.41, 5.74) is 9.77. The summed E-state index contributed by atoms with van der Waals surface area (Å²) in [6.45, 7) is 2.05. The largest absolute Gasteiger partial charge is 0.480 e. The standard InChI is InChI=1S/C22H20FN9O/c1-3-18(17-10-32(30-29-17)14-6-4-13(23)5-7-14)31-9-16(15-8-25-11-28-22(15)33-2)19-20(24)26-12-27-21(19)31/h4-12,18H,3H2,1-2H3,(H2,24,26,27)/t18-/m0/s1. The number of fused-ring (bicyclic) bond motifs is 1. The summed E-state index contributed by atoms with van der Waals surface area (Å²) in [5, 5.41) is 9.29. The third-order valence-electron chi connectivity index (χ3n) is 5.46. The average molecular weight is 445 g/mol. The zero-order valence-corrected chi connectivity index (χ0v) is 17.9. The van der Waals surface area contributed by atoms with E-state index < -0.39 is 0 Å². The maximum atomic E-state index is 13.3. The van der Waals surface area contributed by atoms with Gasteiger partial charge in [-0.3, -0.25) is 0 Å². The number of halogens is 1. The van der Waals surface area contributed by atoms with Gasteiger partial charge in [0.25, 0.3) is 0 Å². The monoisotopic (exact) mass is 445 g/mol. The molecule has 0 saturated heterocycles. The summed E-state index contributed by atoms with van der Waals surface area (Å²) >= 11 is 0. The average Bonchev–Trinajstić information content (AvgIpc) is 3.47. The fourth-order valence-electron chi connectivity index (χ4n) is 3.91. The number of methoxy groups -OCH3 is 1. The molecule has 0 aliphatic heterocycles. The van der Waals surface area contributed by atoms with Crippen LogP contribution in [0.15, 0.2) is 55.5 Å². The third-order valence-corrected chi connectivity index (χ3v) is 5.46. The summed E-state index contributed by atoms with van der Waals surface area (Å²) in [6, 6.07) is 5.87. The number of aromatic nitrogens is 8. The van der Waals surface area contributed by atoms with Gasteiger partial charge in [-0.05, 0) is 30.7 Å². The van der Waals surface area contributed by atoms with Gasteiger partial charge in [-0.1, -0.05) is 12.1 Å². The molecule has 0 aliphatic rings. The Balaban J connectivity index is 1.65. The minimum atomic E-state index is -0.311. The Morgan fingerprint density at radius 2 is 1.88 bits per heavy atom. The topological polar surface area (TPSA) is 122 Å². The molecule has 0 fully saturated rings. The number of rotatable bonds is 6. The molecule has 0 aliphatic carbocycles. The van der Waals surface area contributed by atoms with Gasteiger partial charge in [0.05, 0.1) is 36.0 Å². The van der Waals surface area contributed by atoms with Crippen LogP contribution in [0, 0.1) is 5.82 Å². The Labute approximate surface area is 187 Å². The van der Waals surface area contributed by atoms with Crippen molar-refractivity contribution in [3.05, 3.63) is 67.0 Å². The molecule has 1 aromatic carbocycles. The molecule has 5 aromatic rings. The third kappa shape index (κ3) is 3.53. The lowest BCUT2D eigenvalue weighted by atomic mass is 10.1. The highest BCUT2D eigenvalue weighted by Gasteiger charge is 2.24. The predicted octanol–water partition coefficient (Wildman–Crippen LogP) is 3.20. The molecule has 166 valence electrons. The van der Waals surface area contributed by atoms with Crippen molar-refractivity contribution >= 4 is 16.9 Å². The van der Waals surface area contributed by atoms with Crippen LogP contribution in [0.5, 0.6) is 5.88 Å². The van der Waals surface area contributed by atoms with E-state index in [2.05, 4.69) is 30.2 Å². The molecule has 4 aromatic heterocycles. The zero-order chi connectivity index (χ0) is 22.9. The van der Waals surface area contributed by atoms with Crippen molar-refractivity contribution < 1.29 is 9.13 Å². The number of benzene rings is 1. The van der Waals surface area contributed by atoms with Crippen molar-refractivity contribution in [1.82, 2.24) is 39.5 Å². The Hall–Kier alpha value is -4.41. The molecule has 10 nitrogen and oxygen atoms in total. The lowest BCUT2D eigenvalue weighted by molar-refractivity contribution is 0.398. The van der Waals surface area contributed by atoms with Crippen molar-refractivity contribution in [2.45, 2.75) is 19.4 Å². The molecule has 5 rings (SSSR count). The van der Waals surface area contributed by atoms with Gasteiger partial charge in [0, 0.05) is 18.0 Å². The first kappa shape index (κ1) is 20.5. The van der Waals surface area contributed by atoms with Gasteiger partial charge in [0.1, 0.15) is 35.6 Å². The number of nitrogens with zero attached hydrogens (tertiary/aromatic N) is 8. The van der Waals surface area contributed by atoms with E-state index in [1.807, 2.05) is 23.9 Å². The maximum Gasteiger partial charge on any atom is 0.224 e. The van der Waals surface area contributed by atoms with Gasteiger partial charge in [0.15, 0.2) is 0 Å². The van der Waals surface area contributed by atoms with E-state index >= 15 is 0 Å². The smallest absolute Gasteiger partial charge is 0.224 e. The van der Waals surface area contributed by atoms with Crippen LogP contribution in [0.2, 0.25) is 0 Å². The van der Waals surface area contributed by atoms with E-state index in [0.29, 0.717) is 40.4 Å². The molecule has 33 heavy (non-hydrogen) atoms. The van der Waals surface area contributed by atoms with E-state index in [1.54, 1.807) is 30.1 Å². The SMILES string of the molecule is CC[C@@H](c1cn(-c2ccc(F)cc2)nn1)n1cc(-c2cncnc2OC)c2c(N)ncnc21. The van der Waals surface area contributed by atoms with Crippen LogP contribution in [-0.4, -0.2) is 46.6 Å². The summed E-state index contributed by atoms with van der Waals surface area (Å²) in [6.07, 6.45) is 8.98. The highest BCUT2D eigenvalue weighted by atomic mass is 19.1. The molecule has 4 heterocycles. The molecule has 11 heteroatoms. The molecule has 0 radical (unpaired) electrons. The zero-order valence-electron chi connectivity index (χ0n) is 17.9. The molecule has 0 amide bonds. The minimum absolute atomic E-state index is 0.194. The summed E-state index contributed by atoms with van der Waals surface area (Å²) in [7, 11) is 1.55. The van der Waals surface area contributed by atoms with Crippen LogP contribution in [0.1, 0.15) is 25.1 Å². The Morgan fingerprint density at radius 3 is 2.64 bits per heavy atom. The second kappa shape index (κ2) is 8.26. The molecule has 0 unspecified atom stereocenters. The number of nitrogen functional groups attached to an aromatic ring is 1. The van der Waals surface area contributed by atoms with Crippen LogP contribution < -0.4 is 10.5 Å². The summed E-state index contributed by atoms with van der Waals surface area (Å²) in [4.78, 5) is 17.0. The van der Waals surface area contributed by atoms with Crippen molar-refractivity contribution in [2.24, 2.45) is 0 Å². The first-order valence-corrected chi connectivity index (χ1v) is 10.2. The van der Waals surface area contributed by atoms with Crippen LogP contribution in [-0.2, 0) is 0 Å². The second-order valence-electron chi connectivity index (χ2n) is 7.34. The fourth-order valence-corrected chi connectivity index (χ4v) is 3.91. The van der Waals surface area contributed by atoms with E-state index in [-0.39, 0.29) is 11.9 Å². The molecular weight excluding hydrogens is 425 g/mol. The summed E-state index contributed by atoms with van der Waals surface area (Å²) < 4.78 is 22.3. The summed E-state index contributed by atoms with van der Waals surface area (Å²) in [5.74, 6) is 0.446. The number of nitrogens with two attached hydrogens (primary N) is 1. The molecular formula is C22H20FN9O. The number of ether oxygens (including phenoxy) is 1. The second-order valence-corrected chi connectivity index (χ2v) is 7.34. The normalized spacial score (nSPS) is 12.2. The molecule has 0 spiro atoms. The van der Waals surface area contributed by atoms with E-state index in [9.17, 15) is 4.39 Å². The van der Waals surface area contributed by atoms with E-state index in [0.717, 1.165) is 11.3 Å². The van der Waals surface area contributed by atoms with Crippen LogP contribution in [0.25, 0.3) is 27.8 Å². The fraction of sp³-hybridized carbons (Fsp3) is 0.182. The highest BCUT2D eigenvalue weighted by molar-refractivity contribution is 6.01. The molecule has 2 N–H and O–H groups in total. The minimum Gasteiger partial charge on any atom is -0.480 e. The quantitative estimate of drug-likeness (QED) is 0.423. The van der Waals surface area contributed by atoms with Crippen LogP contribution >= 0.6 is 0 Å². The van der Waals surface area contributed by atoms with E-state index in [1.165, 1.54) is 24.8 Å². The molecule has 1 atom stereocenters. The van der Waals surface area contributed by atoms with Gasteiger partial charge in [-0.15, -0.1) is 5.10 Å². The first-order chi connectivity index (χ1) is 16.1.